The maximum Gasteiger partial charge on any atom is 0.339 e. The summed E-state index contributed by atoms with van der Waals surface area (Å²) in [6, 6.07) is 18.5. The van der Waals surface area contributed by atoms with Gasteiger partial charge in [-0.3, -0.25) is 4.79 Å². The molecule has 0 bridgehead atoms. The van der Waals surface area contributed by atoms with Gasteiger partial charge < -0.3 is 14.6 Å². The van der Waals surface area contributed by atoms with Crippen molar-refractivity contribution >= 4 is 28.6 Å². The number of ether oxygens (including phenoxy) is 1. The third-order valence-corrected chi connectivity index (χ3v) is 4.51. The topological polar surface area (TPSA) is 94.3 Å². The van der Waals surface area contributed by atoms with Gasteiger partial charge in [0.2, 0.25) is 0 Å². The summed E-state index contributed by atoms with van der Waals surface area (Å²) in [5.74, 6) is -0.277. The van der Waals surface area contributed by atoms with Gasteiger partial charge in [-0.1, -0.05) is 53.2 Å². The lowest BCUT2D eigenvalue weighted by Crippen LogP contribution is -2.21. The zero-order valence-electron chi connectivity index (χ0n) is 16.5. The summed E-state index contributed by atoms with van der Waals surface area (Å²) >= 11 is 0. The summed E-state index contributed by atoms with van der Waals surface area (Å²) in [6.45, 7) is 3.27. The molecule has 4 aromatic rings. The predicted molar refractivity (Wildman–Crippen MR) is 112 cm³/mol. The lowest BCUT2D eigenvalue weighted by Gasteiger charge is -2.10. The van der Waals surface area contributed by atoms with E-state index in [0.29, 0.717) is 27.9 Å². The second-order valence-electron chi connectivity index (χ2n) is 6.89. The number of fused-ring (bicyclic) bond motifs is 1. The molecule has 4 rings (SSSR count). The molecule has 0 radical (unpaired) electrons. The molecule has 2 aromatic carbocycles. The molecule has 7 nitrogen and oxygen atoms in total. The Kier molecular flexibility index (Phi) is 5.26. The van der Waals surface area contributed by atoms with E-state index in [-0.39, 0.29) is 5.82 Å². The van der Waals surface area contributed by atoms with E-state index in [1.807, 2.05) is 49.4 Å². The average molecular weight is 401 g/mol. The van der Waals surface area contributed by atoms with Crippen LogP contribution in [0.5, 0.6) is 0 Å². The molecule has 2 aromatic heterocycles. The number of anilines is 1. The number of carbonyl (C=O) groups is 2. The van der Waals surface area contributed by atoms with Gasteiger partial charge in [-0.2, -0.15) is 0 Å². The fourth-order valence-corrected chi connectivity index (χ4v) is 3.03. The predicted octanol–water partition coefficient (Wildman–Crippen LogP) is 4.30. The lowest BCUT2D eigenvalue weighted by molar-refractivity contribution is -0.119. The smallest absolute Gasteiger partial charge is 0.339 e. The van der Waals surface area contributed by atoms with Crippen molar-refractivity contribution in [1.82, 2.24) is 10.1 Å². The van der Waals surface area contributed by atoms with E-state index in [2.05, 4.69) is 15.5 Å². The molecule has 0 fully saturated rings. The van der Waals surface area contributed by atoms with Crippen LogP contribution in [0.4, 0.5) is 5.82 Å². The number of pyridine rings is 1. The number of para-hydroxylation sites is 1. The highest BCUT2D eigenvalue weighted by Gasteiger charge is 2.17. The maximum absolute atomic E-state index is 12.8. The van der Waals surface area contributed by atoms with E-state index < -0.39 is 18.5 Å². The van der Waals surface area contributed by atoms with E-state index in [9.17, 15) is 9.59 Å². The number of hydrogen-bond acceptors (Lipinski definition) is 6. The zero-order valence-corrected chi connectivity index (χ0v) is 16.5. The van der Waals surface area contributed by atoms with Crippen LogP contribution in [0.3, 0.4) is 0 Å². The first-order chi connectivity index (χ1) is 14.5. The van der Waals surface area contributed by atoms with Crippen LogP contribution < -0.4 is 5.32 Å². The van der Waals surface area contributed by atoms with Crippen molar-refractivity contribution in [3.63, 3.8) is 0 Å². The number of nitrogens with zero attached hydrogens (tertiary/aromatic N) is 2. The molecule has 1 amide bonds. The van der Waals surface area contributed by atoms with Crippen LogP contribution in [0, 0.1) is 13.8 Å². The average Bonchev–Trinajstić information content (AvgIpc) is 3.16. The van der Waals surface area contributed by atoms with Gasteiger partial charge in [0.25, 0.3) is 5.91 Å². The number of rotatable bonds is 5. The van der Waals surface area contributed by atoms with Gasteiger partial charge in [-0.15, -0.1) is 0 Å². The van der Waals surface area contributed by atoms with Crippen LogP contribution in [-0.4, -0.2) is 28.6 Å². The minimum Gasteiger partial charge on any atom is -0.452 e. The summed E-state index contributed by atoms with van der Waals surface area (Å²) in [5.41, 5.74) is 3.70. The van der Waals surface area contributed by atoms with Gasteiger partial charge in [-0.05, 0) is 26.0 Å². The Bertz CT molecular complexity index is 1230. The van der Waals surface area contributed by atoms with Crippen molar-refractivity contribution in [2.24, 2.45) is 0 Å². The normalized spacial score (nSPS) is 10.7. The third kappa shape index (κ3) is 4.20. The monoisotopic (exact) mass is 401 g/mol. The number of esters is 1. The summed E-state index contributed by atoms with van der Waals surface area (Å²) in [6.07, 6.45) is 0. The van der Waals surface area contributed by atoms with Gasteiger partial charge >= 0.3 is 5.97 Å². The van der Waals surface area contributed by atoms with E-state index in [0.717, 1.165) is 11.1 Å². The Labute approximate surface area is 172 Å². The summed E-state index contributed by atoms with van der Waals surface area (Å²) in [7, 11) is 0. The van der Waals surface area contributed by atoms with Crippen molar-refractivity contribution in [1.29, 1.82) is 0 Å². The van der Waals surface area contributed by atoms with Crippen LogP contribution >= 0.6 is 0 Å². The van der Waals surface area contributed by atoms with Crippen molar-refractivity contribution in [2.75, 3.05) is 11.9 Å². The Balaban J connectivity index is 1.58. The summed E-state index contributed by atoms with van der Waals surface area (Å²) in [4.78, 5) is 29.5. The first-order valence-electron chi connectivity index (χ1n) is 9.37. The van der Waals surface area contributed by atoms with Gasteiger partial charge in [0, 0.05) is 17.0 Å². The second kappa shape index (κ2) is 8.16. The van der Waals surface area contributed by atoms with Gasteiger partial charge in [0.05, 0.1) is 16.8 Å². The standard InChI is InChI=1S/C23H19N3O4/c1-14-7-9-16(10-8-14)20-12-18(17-5-3-4-6-19(17)24-20)23(28)29-13-22(27)25-21-11-15(2)30-26-21/h3-12H,13H2,1-2H3,(H,25,26,27). The highest BCUT2D eigenvalue weighted by Crippen LogP contribution is 2.25. The number of amides is 1. The van der Waals surface area contributed by atoms with E-state index in [1.54, 1.807) is 25.1 Å². The quantitative estimate of drug-likeness (QED) is 0.501. The van der Waals surface area contributed by atoms with Crippen LogP contribution in [0.1, 0.15) is 21.7 Å². The molecule has 0 aliphatic carbocycles. The molecule has 7 heteroatoms. The molecule has 0 aliphatic rings. The van der Waals surface area contributed by atoms with Crippen LogP contribution in [0.25, 0.3) is 22.2 Å². The van der Waals surface area contributed by atoms with Crippen LogP contribution in [0.15, 0.2) is 65.2 Å². The molecule has 0 aliphatic heterocycles. The molecule has 0 saturated heterocycles. The second-order valence-corrected chi connectivity index (χ2v) is 6.89. The molecule has 2 heterocycles. The molecule has 0 atom stereocenters. The molecule has 0 saturated carbocycles. The van der Waals surface area contributed by atoms with Crippen molar-refractivity contribution in [3.8, 4) is 11.3 Å². The number of carbonyl (C=O) groups excluding carboxylic acids is 2. The molecule has 1 N–H and O–H groups in total. The molecule has 0 spiro atoms. The summed E-state index contributed by atoms with van der Waals surface area (Å²) < 4.78 is 10.1. The third-order valence-electron chi connectivity index (χ3n) is 4.51. The molecule has 0 unspecified atom stereocenters. The summed E-state index contributed by atoms with van der Waals surface area (Å²) in [5, 5.41) is 6.85. The molecular formula is C23H19N3O4. The number of aromatic nitrogens is 2. The van der Waals surface area contributed by atoms with Gasteiger partial charge in [-0.25, -0.2) is 9.78 Å². The Morgan fingerprint density at radius 1 is 1.03 bits per heavy atom. The van der Waals surface area contributed by atoms with Crippen molar-refractivity contribution < 1.29 is 18.8 Å². The largest absolute Gasteiger partial charge is 0.452 e. The highest BCUT2D eigenvalue weighted by molar-refractivity contribution is 6.05. The SMILES string of the molecule is Cc1ccc(-c2cc(C(=O)OCC(=O)Nc3cc(C)on3)c3ccccc3n2)cc1. The Hall–Kier alpha value is -4.00. The number of benzene rings is 2. The fourth-order valence-electron chi connectivity index (χ4n) is 3.03. The fraction of sp³-hybridized carbons (Fsp3) is 0.130. The number of aryl methyl sites for hydroxylation is 2. The van der Waals surface area contributed by atoms with Crippen LogP contribution in [0.2, 0.25) is 0 Å². The lowest BCUT2D eigenvalue weighted by atomic mass is 10.0. The van der Waals surface area contributed by atoms with Gasteiger partial charge in [0.1, 0.15) is 5.76 Å². The Morgan fingerprint density at radius 3 is 2.53 bits per heavy atom. The van der Waals surface area contributed by atoms with Gasteiger partial charge in [0.15, 0.2) is 12.4 Å². The minimum atomic E-state index is -0.603. The first-order valence-corrected chi connectivity index (χ1v) is 9.37. The maximum atomic E-state index is 12.8. The minimum absolute atomic E-state index is 0.268. The van der Waals surface area contributed by atoms with Crippen LogP contribution in [-0.2, 0) is 9.53 Å². The van der Waals surface area contributed by atoms with Crippen molar-refractivity contribution in [3.05, 3.63) is 77.6 Å². The molecule has 30 heavy (non-hydrogen) atoms. The molecule has 150 valence electrons. The first kappa shape index (κ1) is 19.3. The Morgan fingerprint density at radius 2 is 1.80 bits per heavy atom. The number of hydrogen-bond donors (Lipinski definition) is 1. The molecular weight excluding hydrogens is 382 g/mol. The number of nitrogens with one attached hydrogen (secondary N) is 1. The van der Waals surface area contributed by atoms with E-state index >= 15 is 0 Å². The van der Waals surface area contributed by atoms with Crippen molar-refractivity contribution in [2.45, 2.75) is 13.8 Å². The highest BCUT2D eigenvalue weighted by atomic mass is 16.5. The van der Waals surface area contributed by atoms with E-state index in [4.69, 9.17) is 9.26 Å². The van der Waals surface area contributed by atoms with E-state index in [1.165, 1.54) is 0 Å². The zero-order chi connectivity index (χ0) is 21.1.